The topological polar surface area (TPSA) is 166 Å². The van der Waals surface area contributed by atoms with Gasteiger partial charge >= 0.3 is 6.03 Å². The Morgan fingerprint density at radius 2 is 1.11 bits per heavy atom. The van der Waals surface area contributed by atoms with E-state index >= 15 is 0 Å². The maximum Gasteiger partial charge on any atom is 0.312 e. The maximum absolute atomic E-state index is 14.2. The Balaban J connectivity index is 1.59. The number of benzene rings is 5. The van der Waals surface area contributed by atoms with Crippen molar-refractivity contribution in [1.29, 1.82) is 5.41 Å². The smallest absolute Gasteiger partial charge is 0.312 e. The summed E-state index contributed by atoms with van der Waals surface area (Å²) in [5.41, 5.74) is 16.3. The molecule has 5 rings (SSSR count). The average molecular weight is 710 g/mol. The molecule has 11 heteroatoms. The lowest BCUT2D eigenvalue weighted by atomic mass is 10.0. The van der Waals surface area contributed by atoms with Gasteiger partial charge in [0.15, 0.2) is 0 Å². The van der Waals surface area contributed by atoms with E-state index in [4.69, 9.17) is 16.9 Å². The third-order valence-electron chi connectivity index (χ3n) is 8.63. The van der Waals surface area contributed by atoms with Crippen LogP contribution in [0.4, 0.5) is 16.2 Å². The van der Waals surface area contributed by atoms with Gasteiger partial charge in [0.1, 0.15) is 5.84 Å². The first-order valence-electron chi connectivity index (χ1n) is 17.1. The fourth-order valence-electron chi connectivity index (χ4n) is 6.06. The second-order valence-corrected chi connectivity index (χ2v) is 12.7. The maximum atomic E-state index is 14.2. The number of urea groups is 1. The van der Waals surface area contributed by atoms with E-state index in [0.29, 0.717) is 17.8 Å². The number of amides is 5. The van der Waals surface area contributed by atoms with E-state index in [-0.39, 0.29) is 44.0 Å². The summed E-state index contributed by atoms with van der Waals surface area (Å²) >= 11 is 0. The van der Waals surface area contributed by atoms with Crippen LogP contribution in [0.15, 0.2) is 133 Å². The number of amidine groups is 1. The molecule has 0 saturated heterocycles. The largest absolute Gasteiger partial charge is 0.369 e. The summed E-state index contributed by atoms with van der Waals surface area (Å²) in [6, 6.07) is 39.9. The Labute approximate surface area is 309 Å². The van der Waals surface area contributed by atoms with E-state index in [0.717, 1.165) is 27.8 Å². The molecule has 0 radical (unpaired) electrons. The van der Waals surface area contributed by atoms with Crippen molar-refractivity contribution in [3.8, 4) is 0 Å². The molecular weight excluding hydrogens is 667 g/mol. The number of hydrogen-bond donors (Lipinski definition) is 4. The molecule has 53 heavy (non-hydrogen) atoms. The van der Waals surface area contributed by atoms with Crippen molar-refractivity contribution in [2.45, 2.75) is 32.4 Å². The summed E-state index contributed by atoms with van der Waals surface area (Å²) in [6.07, 6.45) is -0.341. The van der Waals surface area contributed by atoms with Crippen LogP contribution in [0, 0.1) is 5.41 Å². The molecule has 0 spiro atoms. The Morgan fingerprint density at radius 1 is 0.604 bits per heavy atom. The Morgan fingerprint density at radius 3 is 1.64 bits per heavy atom. The zero-order valence-corrected chi connectivity index (χ0v) is 29.6. The summed E-state index contributed by atoms with van der Waals surface area (Å²) in [6.45, 7) is 0.788. The number of primary amides is 2. The summed E-state index contributed by atoms with van der Waals surface area (Å²) in [7, 11) is 1.80. The minimum Gasteiger partial charge on any atom is -0.369 e. The first kappa shape index (κ1) is 37.5. The van der Waals surface area contributed by atoms with E-state index in [1.165, 1.54) is 4.90 Å². The van der Waals surface area contributed by atoms with Crippen LogP contribution in [0.25, 0.3) is 0 Å². The minimum absolute atomic E-state index is 0.0424. The molecular formula is C42H43N7O4. The van der Waals surface area contributed by atoms with Crippen molar-refractivity contribution < 1.29 is 19.2 Å². The first-order chi connectivity index (χ1) is 25.6. The third-order valence-corrected chi connectivity index (χ3v) is 8.63. The van der Waals surface area contributed by atoms with E-state index in [1.807, 2.05) is 126 Å². The number of hydrogen-bond acceptors (Lipinski definition) is 6. The van der Waals surface area contributed by atoms with Crippen LogP contribution >= 0.6 is 0 Å². The Hall–Kier alpha value is -6.75. The normalized spacial score (nSPS) is 10.6. The van der Waals surface area contributed by atoms with Gasteiger partial charge in [-0.2, -0.15) is 0 Å². The highest BCUT2D eigenvalue weighted by Crippen LogP contribution is 2.33. The van der Waals surface area contributed by atoms with Crippen molar-refractivity contribution in [3.05, 3.63) is 167 Å². The summed E-state index contributed by atoms with van der Waals surface area (Å²) in [5.74, 6) is -1.26. The van der Waals surface area contributed by atoms with Gasteiger partial charge in [-0.1, -0.05) is 121 Å². The Kier molecular flexibility index (Phi) is 12.7. The molecule has 0 saturated carbocycles. The van der Waals surface area contributed by atoms with Crippen LogP contribution in [-0.4, -0.2) is 48.2 Å². The van der Waals surface area contributed by atoms with Gasteiger partial charge in [-0.3, -0.25) is 19.8 Å². The molecule has 5 aromatic rings. The number of nitrogens with one attached hydrogen (secondary N) is 2. The predicted molar refractivity (Wildman–Crippen MR) is 207 cm³/mol. The van der Waals surface area contributed by atoms with E-state index in [2.05, 4.69) is 5.32 Å². The molecule has 0 heterocycles. The van der Waals surface area contributed by atoms with Gasteiger partial charge in [0, 0.05) is 37.0 Å². The number of carbonyl (C=O) groups is 4. The minimum atomic E-state index is -0.638. The van der Waals surface area contributed by atoms with Gasteiger partial charge in [0.25, 0.3) is 0 Å². The molecule has 0 fully saturated rings. The highest BCUT2D eigenvalue weighted by atomic mass is 16.2. The molecule has 0 aromatic heterocycles. The second kappa shape index (κ2) is 18.0. The van der Waals surface area contributed by atoms with Crippen LogP contribution < -0.4 is 26.6 Å². The van der Waals surface area contributed by atoms with Crippen molar-refractivity contribution in [3.63, 3.8) is 0 Å². The van der Waals surface area contributed by atoms with Gasteiger partial charge in [-0.05, 0) is 34.4 Å². The lowest BCUT2D eigenvalue weighted by Gasteiger charge is -2.34. The second-order valence-electron chi connectivity index (χ2n) is 12.7. The predicted octanol–water partition coefficient (Wildman–Crippen LogP) is 5.15. The fraction of sp³-hybridized carbons (Fsp3) is 0.167. The zero-order chi connectivity index (χ0) is 37.7. The van der Waals surface area contributed by atoms with Crippen LogP contribution in [0.2, 0.25) is 0 Å². The van der Waals surface area contributed by atoms with E-state index in [1.54, 1.807) is 24.1 Å². The van der Waals surface area contributed by atoms with Crippen molar-refractivity contribution in [2.24, 2.45) is 11.5 Å². The van der Waals surface area contributed by atoms with Crippen LogP contribution in [0.1, 0.15) is 33.4 Å². The van der Waals surface area contributed by atoms with Gasteiger partial charge in [-0.15, -0.1) is 0 Å². The fourth-order valence-corrected chi connectivity index (χ4v) is 6.06. The molecule has 270 valence electrons. The van der Waals surface area contributed by atoms with Gasteiger partial charge in [0.05, 0.1) is 31.6 Å². The monoisotopic (exact) mass is 709 g/mol. The third kappa shape index (κ3) is 10.4. The van der Waals surface area contributed by atoms with Gasteiger partial charge in [0.2, 0.25) is 17.7 Å². The molecule has 11 nitrogen and oxygen atoms in total. The number of nitrogens with zero attached hydrogens (tertiary/aromatic N) is 3. The van der Waals surface area contributed by atoms with Crippen molar-refractivity contribution in [1.82, 2.24) is 10.2 Å². The van der Waals surface area contributed by atoms with Crippen molar-refractivity contribution in [2.75, 3.05) is 23.5 Å². The lowest BCUT2D eigenvalue weighted by molar-refractivity contribution is -0.126. The zero-order valence-electron chi connectivity index (χ0n) is 29.6. The number of carbonyl (C=O) groups excluding carboxylic acids is 4. The van der Waals surface area contributed by atoms with Crippen LogP contribution in [0.3, 0.4) is 0 Å². The van der Waals surface area contributed by atoms with Gasteiger partial charge in [-0.25, -0.2) is 9.69 Å². The molecule has 6 N–H and O–H groups in total. The molecule has 0 aliphatic rings. The molecule has 0 aliphatic carbocycles. The molecule has 0 aliphatic heterocycles. The van der Waals surface area contributed by atoms with Crippen LogP contribution in [-0.2, 0) is 46.7 Å². The highest BCUT2D eigenvalue weighted by Gasteiger charge is 2.29. The number of nitrogens with two attached hydrogens (primary N) is 2. The number of anilines is 2. The lowest BCUT2D eigenvalue weighted by Crippen LogP contribution is -2.42. The number of imide groups is 1. The quantitative estimate of drug-likeness (QED) is 0.0667. The molecule has 0 atom stereocenters. The summed E-state index contributed by atoms with van der Waals surface area (Å²) in [5, 5.41) is 11.6. The molecule has 0 unspecified atom stereocenters. The van der Waals surface area contributed by atoms with Crippen LogP contribution in [0.5, 0.6) is 0 Å². The standard InChI is InChI=1S/C42H43N7O4/c1-47(41(44)34-16-9-4-10-17-34)29-48(28-33-22-20-32(21-23-33)27-46-42(45)53)36-18-11-19-37(35(36)26-38(43)50)49(39(51)24-30-12-5-2-6-13-30)40(52)25-31-14-7-3-8-15-31/h2-23,44H,24-29H2,1H3,(H2,43,50)(H3,45,46,53). The number of rotatable bonds is 15. The van der Waals surface area contributed by atoms with E-state index in [9.17, 15) is 19.2 Å². The average Bonchev–Trinajstić information content (AvgIpc) is 3.15. The van der Waals surface area contributed by atoms with E-state index < -0.39 is 23.8 Å². The SMILES string of the molecule is CN(CN(Cc1ccc(CNC(N)=O)cc1)c1cccc(N(C(=O)Cc2ccccc2)C(=O)Cc2ccccc2)c1CC(N)=O)C(=N)c1ccccc1. The molecule has 0 bridgehead atoms. The highest BCUT2D eigenvalue weighted by molar-refractivity contribution is 6.17. The summed E-state index contributed by atoms with van der Waals surface area (Å²) in [4.78, 5) is 57.4. The molecule has 5 amide bonds. The summed E-state index contributed by atoms with van der Waals surface area (Å²) < 4.78 is 0. The first-order valence-corrected chi connectivity index (χ1v) is 17.1. The Bertz CT molecular complexity index is 1990. The van der Waals surface area contributed by atoms with Crippen molar-refractivity contribution >= 4 is 41.0 Å². The molecule has 5 aromatic carbocycles. The van der Waals surface area contributed by atoms with Gasteiger partial charge < -0.3 is 26.6 Å².